The maximum Gasteiger partial charge on any atom is 0.339 e. The number of nitrogens with zero attached hydrogens (tertiary/aromatic N) is 1. The quantitative estimate of drug-likeness (QED) is 0.862. The molecule has 0 radical (unpaired) electrons. The van der Waals surface area contributed by atoms with Crippen LogP contribution in [0.3, 0.4) is 0 Å². The van der Waals surface area contributed by atoms with Crippen LogP contribution in [0.15, 0.2) is 21.3 Å². The van der Waals surface area contributed by atoms with Gasteiger partial charge in [0.1, 0.15) is 5.58 Å². The SMILES string of the molecule is CCCCc1cc2cc(CCN)c(=O)oc2c2c1N(C)CCC2. The highest BCUT2D eigenvalue weighted by Crippen LogP contribution is 2.36. The first-order chi connectivity index (χ1) is 11.2. The Morgan fingerprint density at radius 2 is 2.04 bits per heavy atom. The highest BCUT2D eigenvalue weighted by Gasteiger charge is 2.22. The van der Waals surface area contributed by atoms with E-state index < -0.39 is 0 Å². The predicted octanol–water partition coefficient (Wildman–Crippen LogP) is 3.02. The summed E-state index contributed by atoms with van der Waals surface area (Å²) in [7, 11) is 2.14. The molecule has 0 saturated carbocycles. The third-order valence-electron chi connectivity index (χ3n) is 4.76. The summed E-state index contributed by atoms with van der Waals surface area (Å²) in [5, 5.41) is 1.05. The monoisotopic (exact) mass is 314 g/mol. The molecular formula is C19H26N2O2. The van der Waals surface area contributed by atoms with Crippen LogP contribution in [0, 0.1) is 0 Å². The van der Waals surface area contributed by atoms with Crippen molar-refractivity contribution >= 4 is 16.7 Å². The molecule has 0 unspecified atom stereocenters. The van der Waals surface area contributed by atoms with Crippen molar-refractivity contribution in [2.24, 2.45) is 5.73 Å². The number of hydrogen-bond donors (Lipinski definition) is 1. The van der Waals surface area contributed by atoms with E-state index in [1.54, 1.807) is 0 Å². The van der Waals surface area contributed by atoms with Crippen molar-refractivity contribution in [3.63, 3.8) is 0 Å². The molecule has 1 aromatic carbocycles. The van der Waals surface area contributed by atoms with Crippen LogP contribution in [0.1, 0.15) is 42.9 Å². The number of anilines is 1. The number of hydrogen-bond acceptors (Lipinski definition) is 4. The predicted molar refractivity (Wildman–Crippen MR) is 95.4 cm³/mol. The Labute approximate surface area is 137 Å². The molecule has 0 saturated heterocycles. The normalized spacial score (nSPS) is 14.3. The number of unbranched alkanes of at least 4 members (excludes halogenated alkanes) is 1. The minimum absolute atomic E-state index is 0.236. The average Bonchev–Trinajstić information content (AvgIpc) is 2.54. The van der Waals surface area contributed by atoms with Gasteiger partial charge in [-0.15, -0.1) is 0 Å². The van der Waals surface area contributed by atoms with E-state index in [0.717, 1.165) is 36.8 Å². The first-order valence-electron chi connectivity index (χ1n) is 8.68. The van der Waals surface area contributed by atoms with Crippen LogP contribution < -0.4 is 16.3 Å². The molecule has 1 aliphatic heterocycles. The molecule has 0 fully saturated rings. The summed E-state index contributed by atoms with van der Waals surface area (Å²) in [6, 6.07) is 4.20. The summed E-state index contributed by atoms with van der Waals surface area (Å²) in [4.78, 5) is 14.5. The number of rotatable bonds is 5. The van der Waals surface area contributed by atoms with Gasteiger partial charge in [0.05, 0.1) is 0 Å². The zero-order valence-corrected chi connectivity index (χ0v) is 14.2. The highest BCUT2D eigenvalue weighted by molar-refractivity contribution is 5.88. The molecular weight excluding hydrogens is 288 g/mol. The molecule has 23 heavy (non-hydrogen) atoms. The maximum atomic E-state index is 12.2. The van der Waals surface area contributed by atoms with Crippen molar-refractivity contribution in [2.75, 3.05) is 25.0 Å². The van der Waals surface area contributed by atoms with Gasteiger partial charge in [0, 0.05) is 35.8 Å². The minimum Gasteiger partial charge on any atom is -0.422 e. The fourth-order valence-electron chi connectivity index (χ4n) is 3.63. The topological polar surface area (TPSA) is 59.5 Å². The second-order valence-electron chi connectivity index (χ2n) is 6.51. The third-order valence-corrected chi connectivity index (χ3v) is 4.76. The maximum absolute atomic E-state index is 12.2. The fourth-order valence-corrected chi connectivity index (χ4v) is 3.63. The molecule has 4 nitrogen and oxygen atoms in total. The van der Waals surface area contributed by atoms with E-state index in [2.05, 4.69) is 24.9 Å². The molecule has 2 aromatic rings. The lowest BCUT2D eigenvalue weighted by atomic mass is 9.92. The molecule has 2 heterocycles. The summed E-state index contributed by atoms with van der Waals surface area (Å²) >= 11 is 0. The minimum atomic E-state index is -0.236. The smallest absolute Gasteiger partial charge is 0.339 e. The van der Waals surface area contributed by atoms with Crippen LogP contribution in [0.4, 0.5) is 5.69 Å². The molecule has 1 aliphatic rings. The summed E-state index contributed by atoms with van der Waals surface area (Å²) in [6.45, 7) is 3.75. The van der Waals surface area contributed by atoms with Crippen molar-refractivity contribution in [3.8, 4) is 0 Å². The zero-order valence-electron chi connectivity index (χ0n) is 14.2. The summed E-state index contributed by atoms with van der Waals surface area (Å²) in [5.74, 6) is 0. The van der Waals surface area contributed by atoms with E-state index >= 15 is 0 Å². The molecule has 0 bridgehead atoms. The Bertz CT molecular complexity index is 764. The summed E-state index contributed by atoms with van der Waals surface area (Å²) in [6.07, 6.45) is 6.08. The Kier molecular flexibility index (Phi) is 4.71. The van der Waals surface area contributed by atoms with Gasteiger partial charge in [-0.1, -0.05) is 13.3 Å². The Morgan fingerprint density at radius 3 is 2.78 bits per heavy atom. The highest BCUT2D eigenvalue weighted by atomic mass is 16.4. The number of benzene rings is 1. The van der Waals surface area contributed by atoms with E-state index in [1.807, 2.05) is 6.07 Å². The van der Waals surface area contributed by atoms with Gasteiger partial charge in [0.25, 0.3) is 0 Å². The molecule has 3 rings (SSSR count). The van der Waals surface area contributed by atoms with Crippen molar-refractivity contribution in [1.82, 2.24) is 0 Å². The van der Waals surface area contributed by atoms with Crippen LogP contribution in [0.5, 0.6) is 0 Å². The second-order valence-corrected chi connectivity index (χ2v) is 6.51. The lowest BCUT2D eigenvalue weighted by Crippen LogP contribution is -2.26. The zero-order chi connectivity index (χ0) is 16.4. The van der Waals surface area contributed by atoms with E-state index in [0.29, 0.717) is 18.5 Å². The van der Waals surface area contributed by atoms with Crippen molar-refractivity contribution in [3.05, 3.63) is 39.2 Å². The second kappa shape index (κ2) is 6.75. The summed E-state index contributed by atoms with van der Waals surface area (Å²) < 4.78 is 5.71. The standard InChI is InChI=1S/C19H26N2O2/c1-3-4-6-13-11-15-12-14(8-9-20)19(22)23-18(15)16-7-5-10-21(2)17(13)16/h11-12H,3-10,20H2,1-2H3. The van der Waals surface area contributed by atoms with Gasteiger partial charge in [-0.05, 0) is 56.3 Å². The Morgan fingerprint density at radius 1 is 1.26 bits per heavy atom. The van der Waals surface area contributed by atoms with Gasteiger partial charge in [-0.2, -0.15) is 0 Å². The fraction of sp³-hybridized carbons (Fsp3) is 0.526. The molecule has 1 aromatic heterocycles. The van der Waals surface area contributed by atoms with Gasteiger partial charge >= 0.3 is 5.63 Å². The van der Waals surface area contributed by atoms with Crippen LogP contribution in [-0.2, 0) is 19.3 Å². The van der Waals surface area contributed by atoms with Crippen LogP contribution in [0.25, 0.3) is 11.0 Å². The molecule has 4 heteroatoms. The summed E-state index contributed by atoms with van der Waals surface area (Å²) in [5.41, 5.74) is 10.7. The van der Waals surface area contributed by atoms with E-state index in [4.69, 9.17) is 10.2 Å². The lowest BCUT2D eigenvalue weighted by Gasteiger charge is -2.30. The van der Waals surface area contributed by atoms with E-state index in [-0.39, 0.29) is 5.63 Å². The molecule has 2 N–H and O–H groups in total. The van der Waals surface area contributed by atoms with Crippen LogP contribution in [-0.4, -0.2) is 20.1 Å². The Balaban J connectivity index is 2.23. The molecule has 0 atom stereocenters. The van der Waals surface area contributed by atoms with Gasteiger partial charge in [0.15, 0.2) is 0 Å². The van der Waals surface area contributed by atoms with Crippen molar-refractivity contribution in [2.45, 2.75) is 45.4 Å². The van der Waals surface area contributed by atoms with Gasteiger partial charge < -0.3 is 15.1 Å². The first kappa shape index (κ1) is 16.1. The third kappa shape index (κ3) is 3.00. The van der Waals surface area contributed by atoms with Crippen LogP contribution in [0.2, 0.25) is 0 Å². The van der Waals surface area contributed by atoms with Crippen molar-refractivity contribution in [1.29, 1.82) is 0 Å². The number of aryl methyl sites for hydroxylation is 2. The number of nitrogens with two attached hydrogens (primary N) is 1. The van der Waals surface area contributed by atoms with Crippen molar-refractivity contribution < 1.29 is 4.42 Å². The van der Waals surface area contributed by atoms with Gasteiger partial charge in [0.2, 0.25) is 0 Å². The molecule has 124 valence electrons. The lowest BCUT2D eigenvalue weighted by molar-refractivity contribution is 0.543. The molecule has 0 aliphatic carbocycles. The molecule has 0 spiro atoms. The molecule has 0 amide bonds. The van der Waals surface area contributed by atoms with Gasteiger partial charge in [-0.3, -0.25) is 0 Å². The largest absolute Gasteiger partial charge is 0.422 e. The van der Waals surface area contributed by atoms with Crippen LogP contribution >= 0.6 is 0 Å². The number of fused-ring (bicyclic) bond motifs is 3. The van der Waals surface area contributed by atoms with E-state index in [9.17, 15) is 4.79 Å². The Hall–Kier alpha value is -1.81. The van der Waals surface area contributed by atoms with E-state index in [1.165, 1.54) is 29.7 Å². The van der Waals surface area contributed by atoms with Gasteiger partial charge in [-0.25, -0.2) is 4.79 Å². The first-order valence-corrected chi connectivity index (χ1v) is 8.68. The average molecular weight is 314 g/mol.